The molecule has 5 rings (SSSR count). The normalized spacial score (nSPS) is 29.1. The van der Waals surface area contributed by atoms with Crippen LogP contribution in [0.2, 0.25) is 5.02 Å². The van der Waals surface area contributed by atoms with Crippen molar-refractivity contribution in [2.24, 2.45) is 0 Å². The van der Waals surface area contributed by atoms with Crippen LogP contribution >= 0.6 is 11.6 Å². The first kappa shape index (κ1) is 19.1. The van der Waals surface area contributed by atoms with E-state index in [2.05, 4.69) is 4.90 Å². The van der Waals surface area contributed by atoms with Crippen LogP contribution < -0.4 is 0 Å². The first-order chi connectivity index (χ1) is 12.9. The van der Waals surface area contributed by atoms with Crippen LogP contribution in [-0.4, -0.2) is 105 Å². The molecule has 0 radical (unpaired) electrons. The van der Waals surface area contributed by atoms with E-state index in [-0.39, 0.29) is 10.8 Å². The van der Waals surface area contributed by atoms with E-state index in [1.807, 2.05) is 4.90 Å². The summed E-state index contributed by atoms with van der Waals surface area (Å²) in [5.41, 5.74) is 0. The molecule has 4 heterocycles. The molecule has 2 bridgehead atoms. The molecule has 148 valence electrons. The summed E-state index contributed by atoms with van der Waals surface area (Å²) in [6.07, 6.45) is 0. The maximum atomic E-state index is 12.8. The van der Waals surface area contributed by atoms with Crippen molar-refractivity contribution in [2.75, 3.05) is 72.0 Å². The molecule has 4 aliphatic heterocycles. The summed E-state index contributed by atoms with van der Waals surface area (Å²) in [7, 11) is -3.54. The monoisotopic (exact) mass is 413 g/mol. The Morgan fingerprint density at radius 3 is 2.04 bits per heavy atom. The smallest absolute Gasteiger partial charge is 0.277 e. The number of fused-ring (bicyclic) bond motifs is 3. The summed E-state index contributed by atoms with van der Waals surface area (Å²) >= 11 is 5.85. The van der Waals surface area contributed by atoms with Crippen molar-refractivity contribution in [3.8, 4) is 0 Å². The molecule has 0 aliphatic carbocycles. The molecule has 1 amide bonds. The van der Waals surface area contributed by atoms with Crippen LogP contribution in [0.3, 0.4) is 0 Å². The zero-order valence-corrected chi connectivity index (χ0v) is 17.0. The summed E-state index contributed by atoms with van der Waals surface area (Å²) in [6.45, 7) is 8.55. The van der Waals surface area contributed by atoms with Gasteiger partial charge in [-0.3, -0.25) is 9.69 Å². The number of rotatable bonds is 4. The van der Waals surface area contributed by atoms with Gasteiger partial charge in [0.1, 0.15) is 0 Å². The van der Waals surface area contributed by atoms with Crippen molar-refractivity contribution in [2.45, 2.75) is 4.90 Å². The van der Waals surface area contributed by atoms with Crippen molar-refractivity contribution < 1.29 is 17.7 Å². The molecular formula is C18H26ClN4O3S+. The molecule has 1 aromatic rings. The van der Waals surface area contributed by atoms with E-state index >= 15 is 0 Å². The molecule has 0 saturated carbocycles. The lowest BCUT2D eigenvalue weighted by Crippen LogP contribution is -2.69. The van der Waals surface area contributed by atoms with Gasteiger partial charge in [-0.2, -0.15) is 4.31 Å². The topological polar surface area (TPSA) is 60.9 Å². The zero-order valence-electron chi connectivity index (χ0n) is 15.4. The van der Waals surface area contributed by atoms with Crippen LogP contribution in [0, 0.1) is 0 Å². The van der Waals surface area contributed by atoms with Crippen LogP contribution in [-0.2, 0) is 14.8 Å². The lowest BCUT2D eigenvalue weighted by molar-refractivity contribution is -0.934. The number of carbonyl (C=O) groups is 1. The molecule has 0 N–H and O–H groups in total. The lowest BCUT2D eigenvalue weighted by Gasteiger charge is -2.50. The van der Waals surface area contributed by atoms with Gasteiger partial charge < -0.3 is 9.38 Å². The molecule has 27 heavy (non-hydrogen) atoms. The minimum absolute atomic E-state index is 0.161. The Labute approximate surface area is 165 Å². The standard InChI is InChI=1S/C18H26ClN4O3S/c19-16-1-3-17(4-2-16)27(25,26)22-7-5-21(6-8-22)18(24)15-23-12-9-20(10-13-23)11-14-23/h1-4H,5-15H2/q+1. The van der Waals surface area contributed by atoms with E-state index in [0.29, 0.717) is 37.7 Å². The average Bonchev–Trinajstić information content (AvgIpc) is 2.69. The quantitative estimate of drug-likeness (QED) is 0.667. The van der Waals surface area contributed by atoms with Gasteiger partial charge in [0.05, 0.1) is 24.5 Å². The third kappa shape index (κ3) is 3.86. The number of quaternary nitrogens is 1. The summed E-state index contributed by atoms with van der Waals surface area (Å²) < 4.78 is 27.9. The number of sulfonamides is 1. The minimum atomic E-state index is -3.54. The molecular weight excluding hydrogens is 388 g/mol. The van der Waals surface area contributed by atoms with Crippen LogP contribution in [0.1, 0.15) is 0 Å². The van der Waals surface area contributed by atoms with Crippen LogP contribution in [0.15, 0.2) is 29.2 Å². The number of nitrogens with zero attached hydrogens (tertiary/aromatic N) is 4. The highest BCUT2D eigenvalue weighted by atomic mass is 35.5. The lowest BCUT2D eigenvalue weighted by atomic mass is 10.1. The minimum Gasteiger partial charge on any atom is -0.335 e. The van der Waals surface area contributed by atoms with Crippen LogP contribution in [0.25, 0.3) is 0 Å². The van der Waals surface area contributed by atoms with Crippen molar-refractivity contribution in [1.29, 1.82) is 0 Å². The Morgan fingerprint density at radius 2 is 1.48 bits per heavy atom. The van der Waals surface area contributed by atoms with Gasteiger partial charge in [0.25, 0.3) is 5.91 Å². The third-order valence-electron chi connectivity index (χ3n) is 6.19. The number of halogens is 1. The Morgan fingerprint density at radius 1 is 0.926 bits per heavy atom. The molecule has 9 heteroatoms. The fourth-order valence-electron chi connectivity index (χ4n) is 4.29. The van der Waals surface area contributed by atoms with E-state index < -0.39 is 10.0 Å². The number of benzene rings is 1. The SMILES string of the molecule is O=C(C[N+]12CCN(CC1)CC2)N1CCN(S(=O)(=O)c2ccc(Cl)cc2)CC1. The van der Waals surface area contributed by atoms with Gasteiger partial charge in [-0.25, -0.2) is 8.42 Å². The predicted octanol–water partition coefficient (Wildman–Crippen LogP) is 0.319. The molecule has 4 aliphatic rings. The summed E-state index contributed by atoms with van der Waals surface area (Å²) in [5, 5.41) is 0.510. The maximum absolute atomic E-state index is 12.8. The molecule has 0 spiro atoms. The van der Waals surface area contributed by atoms with E-state index in [4.69, 9.17) is 11.6 Å². The number of piperazine rings is 4. The summed E-state index contributed by atoms with van der Waals surface area (Å²) in [6, 6.07) is 6.23. The van der Waals surface area contributed by atoms with Gasteiger partial charge in [-0.15, -0.1) is 0 Å². The maximum Gasteiger partial charge on any atom is 0.277 e. The molecule has 4 fully saturated rings. The van der Waals surface area contributed by atoms with Gasteiger partial charge in [0, 0.05) is 50.8 Å². The van der Waals surface area contributed by atoms with Crippen molar-refractivity contribution in [3.05, 3.63) is 29.3 Å². The van der Waals surface area contributed by atoms with E-state index in [1.165, 1.54) is 16.4 Å². The molecule has 4 saturated heterocycles. The number of amides is 1. The van der Waals surface area contributed by atoms with E-state index in [0.717, 1.165) is 43.8 Å². The molecule has 1 aromatic carbocycles. The third-order valence-corrected chi connectivity index (χ3v) is 8.35. The summed E-state index contributed by atoms with van der Waals surface area (Å²) in [5.74, 6) is 0.161. The first-order valence-corrected chi connectivity index (χ1v) is 11.3. The van der Waals surface area contributed by atoms with Gasteiger partial charge in [-0.1, -0.05) is 11.6 Å². The first-order valence-electron chi connectivity index (χ1n) is 9.49. The Bertz CT molecular complexity index is 785. The van der Waals surface area contributed by atoms with Gasteiger partial charge in [0.2, 0.25) is 10.0 Å². The van der Waals surface area contributed by atoms with Gasteiger partial charge in [0.15, 0.2) is 6.54 Å². The number of hydrogen-bond donors (Lipinski definition) is 0. The van der Waals surface area contributed by atoms with Gasteiger partial charge >= 0.3 is 0 Å². The average molecular weight is 414 g/mol. The molecule has 0 aromatic heterocycles. The van der Waals surface area contributed by atoms with Crippen LogP contribution in [0.5, 0.6) is 0 Å². The van der Waals surface area contributed by atoms with E-state index in [9.17, 15) is 13.2 Å². The highest BCUT2D eigenvalue weighted by molar-refractivity contribution is 7.89. The van der Waals surface area contributed by atoms with Crippen molar-refractivity contribution >= 4 is 27.5 Å². The largest absolute Gasteiger partial charge is 0.335 e. The second kappa shape index (κ2) is 7.33. The Hall–Kier alpha value is -1.19. The second-order valence-corrected chi connectivity index (χ2v) is 10.1. The highest BCUT2D eigenvalue weighted by Gasteiger charge is 2.41. The van der Waals surface area contributed by atoms with Gasteiger partial charge in [-0.05, 0) is 24.3 Å². The molecule has 0 unspecified atom stereocenters. The molecule has 7 nitrogen and oxygen atoms in total. The van der Waals surface area contributed by atoms with Crippen molar-refractivity contribution in [3.63, 3.8) is 0 Å². The van der Waals surface area contributed by atoms with E-state index in [1.54, 1.807) is 12.1 Å². The van der Waals surface area contributed by atoms with Crippen LogP contribution in [0.4, 0.5) is 0 Å². The fourth-order valence-corrected chi connectivity index (χ4v) is 5.84. The second-order valence-electron chi connectivity index (χ2n) is 7.75. The Kier molecular flexibility index (Phi) is 5.20. The zero-order chi connectivity index (χ0) is 19.1. The Balaban J connectivity index is 1.35. The fraction of sp³-hybridized carbons (Fsp3) is 0.611. The molecule has 0 atom stereocenters. The highest BCUT2D eigenvalue weighted by Crippen LogP contribution is 2.22. The number of hydrogen-bond acceptors (Lipinski definition) is 4. The summed E-state index contributed by atoms with van der Waals surface area (Å²) in [4.78, 5) is 17.4. The number of carbonyl (C=O) groups excluding carboxylic acids is 1. The van der Waals surface area contributed by atoms with Crippen molar-refractivity contribution in [1.82, 2.24) is 14.1 Å². The predicted molar refractivity (Wildman–Crippen MR) is 103 cm³/mol.